The number of benzene rings is 1. The highest BCUT2D eigenvalue weighted by Crippen LogP contribution is 2.18. The number of nitrogens with zero attached hydrogens (tertiary/aromatic N) is 2. The van der Waals surface area contributed by atoms with Crippen molar-refractivity contribution >= 4 is 17.2 Å². The average Bonchev–Trinajstić information content (AvgIpc) is 2.94. The van der Waals surface area contributed by atoms with E-state index in [4.69, 9.17) is 9.26 Å². The molecule has 1 aromatic carbocycles. The molecule has 2 heterocycles. The Balaban J connectivity index is 1.75. The summed E-state index contributed by atoms with van der Waals surface area (Å²) in [5, 5.41) is 2.77. The number of ether oxygens (including phenoxy) is 1. The fraction of sp³-hybridized carbons (Fsp3) is 0.235. The van der Waals surface area contributed by atoms with Gasteiger partial charge in [0.2, 0.25) is 5.91 Å². The molecule has 3 aromatic rings. The molecule has 0 aliphatic heterocycles. The highest BCUT2D eigenvalue weighted by molar-refractivity contribution is 5.90. The molecule has 3 rings (SSSR count). The summed E-state index contributed by atoms with van der Waals surface area (Å²) in [5.74, 6) is 1.12. The third kappa shape index (κ3) is 3.45. The van der Waals surface area contributed by atoms with Crippen molar-refractivity contribution in [2.45, 2.75) is 26.9 Å². The van der Waals surface area contributed by atoms with E-state index in [0.29, 0.717) is 35.0 Å². The Morgan fingerprint density at radius 1 is 1.33 bits per heavy atom. The van der Waals surface area contributed by atoms with Crippen LogP contribution in [0.5, 0.6) is 5.75 Å². The number of carbonyl (C=O) groups is 1. The first-order chi connectivity index (χ1) is 11.5. The second-order valence-corrected chi connectivity index (χ2v) is 5.30. The molecular formula is C17H17N3O4. The number of hydrogen-bond acceptors (Lipinski definition) is 5. The zero-order chi connectivity index (χ0) is 17.1. The van der Waals surface area contributed by atoms with Crippen LogP contribution >= 0.6 is 0 Å². The molecule has 0 saturated carbocycles. The molecule has 124 valence electrons. The third-order valence-electron chi connectivity index (χ3n) is 3.35. The minimum atomic E-state index is -0.296. The minimum absolute atomic E-state index is 0.0670. The quantitative estimate of drug-likeness (QED) is 0.778. The maximum absolute atomic E-state index is 12.0. The molecule has 0 unspecified atom stereocenters. The number of hydrogen-bond donors (Lipinski definition) is 1. The topological polar surface area (TPSA) is 85.8 Å². The van der Waals surface area contributed by atoms with Crippen LogP contribution < -0.4 is 15.6 Å². The van der Waals surface area contributed by atoms with E-state index in [9.17, 15) is 9.59 Å². The molecule has 1 N–H and O–H groups in total. The summed E-state index contributed by atoms with van der Waals surface area (Å²) in [4.78, 5) is 27.7. The molecule has 0 fully saturated rings. The summed E-state index contributed by atoms with van der Waals surface area (Å²) in [6.07, 6.45) is 0.406. The van der Waals surface area contributed by atoms with Gasteiger partial charge in [-0.2, -0.15) is 0 Å². The Kier molecular flexibility index (Phi) is 4.33. The molecule has 7 nitrogen and oxygen atoms in total. The van der Waals surface area contributed by atoms with Crippen molar-refractivity contribution in [2.75, 3.05) is 5.32 Å². The van der Waals surface area contributed by atoms with Gasteiger partial charge in [0.15, 0.2) is 5.65 Å². The van der Waals surface area contributed by atoms with Crippen molar-refractivity contribution in [3.05, 3.63) is 58.2 Å². The molecule has 0 bridgehead atoms. The van der Waals surface area contributed by atoms with Crippen LogP contribution in [0.25, 0.3) is 5.65 Å². The lowest BCUT2D eigenvalue weighted by molar-refractivity contribution is -0.115. The SMILES string of the molecule is CCC(=O)Nc1cccc(OCc2cc(=O)n3oc(C)cc3n2)c1. The van der Waals surface area contributed by atoms with Gasteiger partial charge in [-0.1, -0.05) is 13.0 Å². The smallest absolute Gasteiger partial charge is 0.287 e. The Morgan fingerprint density at radius 2 is 2.17 bits per heavy atom. The van der Waals surface area contributed by atoms with Gasteiger partial charge in [0.1, 0.15) is 18.1 Å². The second kappa shape index (κ2) is 6.57. The fourth-order valence-electron chi connectivity index (χ4n) is 2.22. The van der Waals surface area contributed by atoms with E-state index in [2.05, 4.69) is 10.3 Å². The largest absolute Gasteiger partial charge is 0.487 e. The molecule has 0 saturated heterocycles. The van der Waals surface area contributed by atoms with Crippen LogP contribution in [0, 0.1) is 6.92 Å². The van der Waals surface area contributed by atoms with E-state index >= 15 is 0 Å². The number of rotatable bonds is 5. The fourth-order valence-corrected chi connectivity index (χ4v) is 2.22. The van der Waals surface area contributed by atoms with E-state index in [1.54, 1.807) is 44.2 Å². The van der Waals surface area contributed by atoms with E-state index in [-0.39, 0.29) is 18.1 Å². The highest BCUT2D eigenvalue weighted by Gasteiger charge is 2.07. The number of fused-ring (bicyclic) bond motifs is 1. The first-order valence-electron chi connectivity index (χ1n) is 7.57. The Bertz CT molecular complexity index is 942. The van der Waals surface area contributed by atoms with Crippen LogP contribution in [0.3, 0.4) is 0 Å². The van der Waals surface area contributed by atoms with Crippen LogP contribution in [0.2, 0.25) is 0 Å². The number of aryl methyl sites for hydroxylation is 1. The van der Waals surface area contributed by atoms with Gasteiger partial charge < -0.3 is 14.6 Å². The Morgan fingerprint density at radius 3 is 2.96 bits per heavy atom. The van der Waals surface area contributed by atoms with E-state index < -0.39 is 0 Å². The molecule has 24 heavy (non-hydrogen) atoms. The van der Waals surface area contributed by atoms with E-state index in [1.807, 2.05) is 0 Å². The van der Waals surface area contributed by atoms with Gasteiger partial charge in [-0.05, 0) is 19.1 Å². The third-order valence-corrected chi connectivity index (χ3v) is 3.35. The van der Waals surface area contributed by atoms with Crippen LogP contribution in [0.4, 0.5) is 5.69 Å². The molecule has 2 aromatic heterocycles. The van der Waals surface area contributed by atoms with Crippen LogP contribution in [-0.2, 0) is 11.4 Å². The lowest BCUT2D eigenvalue weighted by atomic mass is 10.3. The highest BCUT2D eigenvalue weighted by atomic mass is 16.5. The summed E-state index contributed by atoms with van der Waals surface area (Å²) >= 11 is 0. The maximum Gasteiger partial charge on any atom is 0.287 e. The first kappa shape index (κ1) is 15.8. The van der Waals surface area contributed by atoms with Crippen molar-refractivity contribution < 1.29 is 14.1 Å². The summed E-state index contributed by atoms with van der Waals surface area (Å²) in [7, 11) is 0. The van der Waals surface area contributed by atoms with Crippen LogP contribution in [0.15, 0.2) is 45.7 Å². The number of anilines is 1. The van der Waals surface area contributed by atoms with Crippen molar-refractivity contribution in [1.29, 1.82) is 0 Å². The second-order valence-electron chi connectivity index (χ2n) is 5.30. The molecule has 0 atom stereocenters. The number of carbonyl (C=O) groups excluding carboxylic acids is 1. The predicted octanol–water partition coefficient (Wildman–Crippen LogP) is 2.52. The molecule has 0 aliphatic rings. The summed E-state index contributed by atoms with van der Waals surface area (Å²) < 4.78 is 12.0. The summed E-state index contributed by atoms with van der Waals surface area (Å²) in [6, 6.07) is 10.1. The molecular weight excluding hydrogens is 310 g/mol. The van der Waals surface area contributed by atoms with Gasteiger partial charge in [0, 0.05) is 30.3 Å². The van der Waals surface area contributed by atoms with Crippen molar-refractivity contribution in [1.82, 2.24) is 9.56 Å². The molecule has 1 amide bonds. The molecule has 0 aliphatic carbocycles. The van der Waals surface area contributed by atoms with Crippen LogP contribution in [-0.4, -0.2) is 15.5 Å². The van der Waals surface area contributed by atoms with Gasteiger partial charge >= 0.3 is 0 Å². The number of aromatic nitrogens is 2. The monoisotopic (exact) mass is 327 g/mol. The molecule has 0 radical (unpaired) electrons. The lowest BCUT2D eigenvalue weighted by Gasteiger charge is -2.08. The van der Waals surface area contributed by atoms with Gasteiger partial charge in [0.25, 0.3) is 5.56 Å². The molecule has 0 spiro atoms. The maximum atomic E-state index is 12.0. The van der Waals surface area contributed by atoms with E-state index in [1.165, 1.54) is 6.07 Å². The lowest BCUT2D eigenvalue weighted by Crippen LogP contribution is -2.14. The van der Waals surface area contributed by atoms with Gasteiger partial charge in [-0.25, -0.2) is 4.98 Å². The zero-order valence-electron chi connectivity index (χ0n) is 13.4. The van der Waals surface area contributed by atoms with Crippen molar-refractivity contribution in [3.63, 3.8) is 0 Å². The van der Waals surface area contributed by atoms with Gasteiger partial charge in [0.05, 0.1) is 5.69 Å². The first-order valence-corrected chi connectivity index (χ1v) is 7.57. The molecule has 7 heteroatoms. The minimum Gasteiger partial charge on any atom is -0.487 e. The van der Waals surface area contributed by atoms with E-state index in [0.717, 1.165) is 4.57 Å². The summed E-state index contributed by atoms with van der Waals surface area (Å²) in [5.41, 5.74) is 1.32. The van der Waals surface area contributed by atoms with Gasteiger partial charge in [-0.15, -0.1) is 4.57 Å². The predicted molar refractivity (Wildman–Crippen MR) is 88.2 cm³/mol. The summed E-state index contributed by atoms with van der Waals surface area (Å²) in [6.45, 7) is 3.68. The van der Waals surface area contributed by atoms with Crippen molar-refractivity contribution in [3.8, 4) is 5.75 Å². The van der Waals surface area contributed by atoms with Gasteiger partial charge in [-0.3, -0.25) is 9.59 Å². The Hall–Kier alpha value is -3.09. The van der Waals surface area contributed by atoms with Crippen molar-refractivity contribution in [2.24, 2.45) is 0 Å². The standard InChI is InChI=1S/C17H17N3O4/c1-3-16(21)19-12-5-4-6-14(8-12)23-10-13-9-17(22)20-15(18-13)7-11(2)24-20/h4-9H,3,10H2,1-2H3,(H,19,21). The zero-order valence-corrected chi connectivity index (χ0v) is 13.4. The number of amides is 1. The average molecular weight is 327 g/mol. The van der Waals surface area contributed by atoms with Crippen LogP contribution in [0.1, 0.15) is 24.8 Å². The Labute approximate surface area is 137 Å². The normalized spacial score (nSPS) is 10.8. The number of nitrogens with one attached hydrogen (secondary N) is 1.